The highest BCUT2D eigenvalue weighted by Crippen LogP contribution is 2.25. The molecule has 3 rings (SSSR count). The smallest absolute Gasteiger partial charge is 0.354 e. The zero-order valence-corrected chi connectivity index (χ0v) is 16.8. The topological polar surface area (TPSA) is 74.2 Å². The number of carbonyl (C=O) groups excluding carboxylic acids is 2. The van der Waals surface area contributed by atoms with Gasteiger partial charge in [0.1, 0.15) is 11.8 Å². The van der Waals surface area contributed by atoms with Gasteiger partial charge in [-0.15, -0.1) is 0 Å². The quantitative estimate of drug-likeness (QED) is 0.726. The third kappa shape index (κ3) is 5.10. The van der Waals surface area contributed by atoms with Crippen molar-refractivity contribution in [2.45, 2.75) is 39.2 Å². The van der Waals surface area contributed by atoms with Crippen LogP contribution in [0.15, 0.2) is 35.4 Å². The monoisotopic (exact) mass is 386 g/mol. The molecule has 1 amide bonds. The number of likely N-dealkylation sites (tertiary alicyclic amines) is 1. The Morgan fingerprint density at radius 1 is 1.29 bits per heavy atom. The number of hydrogen-bond donors (Lipinski definition) is 1. The van der Waals surface area contributed by atoms with Crippen LogP contribution in [0.4, 0.5) is 5.69 Å². The van der Waals surface area contributed by atoms with Crippen LogP contribution < -0.4 is 10.3 Å². The summed E-state index contributed by atoms with van der Waals surface area (Å²) in [4.78, 5) is 27.4. The lowest BCUT2D eigenvalue weighted by atomic mass is 10.0. The van der Waals surface area contributed by atoms with Gasteiger partial charge in [0.25, 0.3) is 0 Å². The van der Waals surface area contributed by atoms with Crippen molar-refractivity contribution in [3.63, 3.8) is 0 Å². The second kappa shape index (κ2) is 9.68. The lowest BCUT2D eigenvalue weighted by molar-refractivity contribution is -0.135. The minimum atomic E-state index is -0.540. The van der Waals surface area contributed by atoms with E-state index in [4.69, 9.17) is 4.74 Å². The van der Waals surface area contributed by atoms with Crippen LogP contribution in [0.3, 0.4) is 0 Å². The number of para-hydroxylation sites is 1. The molecule has 28 heavy (non-hydrogen) atoms. The number of ether oxygens (including phenoxy) is 1. The normalized spacial score (nSPS) is 22.6. The highest BCUT2D eigenvalue weighted by molar-refractivity contribution is 6.38. The zero-order valence-electron chi connectivity index (χ0n) is 16.8. The number of carbonyl (C=O) groups is 2. The molecule has 2 aliphatic rings. The second-order valence-corrected chi connectivity index (χ2v) is 7.51. The maximum Gasteiger partial charge on any atom is 0.354 e. The predicted molar refractivity (Wildman–Crippen MR) is 109 cm³/mol. The Labute approximate surface area is 166 Å². The van der Waals surface area contributed by atoms with Crippen LogP contribution in [0.5, 0.6) is 0 Å². The molecule has 0 spiro atoms. The summed E-state index contributed by atoms with van der Waals surface area (Å²) in [6.07, 6.45) is 2.75. The Morgan fingerprint density at radius 2 is 2.07 bits per heavy atom. The van der Waals surface area contributed by atoms with Gasteiger partial charge in [0, 0.05) is 26.1 Å². The highest BCUT2D eigenvalue weighted by atomic mass is 16.5. The molecule has 2 unspecified atom stereocenters. The van der Waals surface area contributed by atoms with Crippen molar-refractivity contribution in [1.82, 2.24) is 10.2 Å². The molecule has 0 saturated carbocycles. The van der Waals surface area contributed by atoms with Gasteiger partial charge in [-0.1, -0.05) is 25.1 Å². The number of rotatable bonds is 7. The molecule has 7 nitrogen and oxygen atoms in total. The maximum atomic E-state index is 12.9. The van der Waals surface area contributed by atoms with E-state index in [0.29, 0.717) is 12.5 Å². The average molecular weight is 386 g/mol. The van der Waals surface area contributed by atoms with Crippen LogP contribution in [0.25, 0.3) is 0 Å². The average Bonchev–Trinajstić information content (AvgIpc) is 3.15. The molecular formula is C21H30N4O3. The molecule has 1 saturated heterocycles. The van der Waals surface area contributed by atoms with Crippen molar-refractivity contribution in [2.24, 2.45) is 11.0 Å². The highest BCUT2D eigenvalue weighted by Gasteiger charge is 2.36. The molecule has 0 radical (unpaired) electrons. The van der Waals surface area contributed by atoms with Gasteiger partial charge in [0.15, 0.2) is 0 Å². The molecule has 152 valence electrons. The molecule has 2 heterocycles. The van der Waals surface area contributed by atoms with E-state index in [1.54, 1.807) is 11.9 Å². The standard InChI is InChI=1S/C21H30N4O3/c1-3-28-21(27)18-14-19(25(23-18)17-9-5-4-6-10-17)20(26)22-11-13-24-12-7-8-16(2)15-24/h4-6,9-10,16,19H,3,7-8,11-15H2,1-2H3,(H,22,26). The third-order valence-electron chi connectivity index (χ3n) is 5.21. The van der Waals surface area contributed by atoms with E-state index in [1.807, 2.05) is 30.3 Å². The molecule has 0 bridgehead atoms. The first-order chi connectivity index (χ1) is 13.6. The molecule has 7 heteroatoms. The van der Waals surface area contributed by atoms with Crippen LogP contribution in [0.1, 0.15) is 33.1 Å². The summed E-state index contributed by atoms with van der Waals surface area (Å²) in [5, 5.41) is 9.05. The Hall–Kier alpha value is -2.41. The van der Waals surface area contributed by atoms with Crippen molar-refractivity contribution in [1.29, 1.82) is 0 Å². The summed E-state index contributed by atoms with van der Waals surface area (Å²) >= 11 is 0. The van der Waals surface area contributed by atoms with Crippen LogP contribution >= 0.6 is 0 Å². The van der Waals surface area contributed by atoms with Gasteiger partial charge in [-0.05, 0) is 44.4 Å². The van der Waals surface area contributed by atoms with Gasteiger partial charge >= 0.3 is 5.97 Å². The first kappa shape index (κ1) is 20.3. The summed E-state index contributed by atoms with van der Waals surface area (Å²) in [7, 11) is 0. The van der Waals surface area contributed by atoms with Crippen molar-refractivity contribution >= 4 is 23.3 Å². The van der Waals surface area contributed by atoms with Crippen molar-refractivity contribution < 1.29 is 14.3 Å². The number of hydrogen-bond acceptors (Lipinski definition) is 6. The summed E-state index contributed by atoms with van der Waals surface area (Å²) in [6, 6.07) is 8.91. The summed E-state index contributed by atoms with van der Waals surface area (Å²) < 4.78 is 5.07. The molecule has 0 aliphatic carbocycles. The fourth-order valence-corrected chi connectivity index (χ4v) is 3.82. The molecular weight excluding hydrogens is 356 g/mol. The number of benzene rings is 1. The molecule has 1 fully saturated rings. The van der Waals surface area contributed by atoms with Gasteiger partial charge in [0.2, 0.25) is 5.91 Å². The van der Waals surface area contributed by atoms with Crippen molar-refractivity contribution in [3.8, 4) is 0 Å². The second-order valence-electron chi connectivity index (χ2n) is 7.51. The van der Waals surface area contributed by atoms with Crippen LogP contribution in [-0.4, -0.2) is 61.3 Å². The minimum absolute atomic E-state index is 0.114. The van der Waals surface area contributed by atoms with Crippen LogP contribution in [0, 0.1) is 5.92 Å². The van der Waals surface area contributed by atoms with E-state index in [1.165, 1.54) is 12.8 Å². The zero-order chi connectivity index (χ0) is 19.9. The van der Waals surface area contributed by atoms with Crippen molar-refractivity contribution in [2.75, 3.05) is 37.8 Å². The van der Waals surface area contributed by atoms with Crippen LogP contribution in [0.2, 0.25) is 0 Å². The molecule has 1 N–H and O–H groups in total. The molecule has 1 aromatic carbocycles. The van der Waals surface area contributed by atoms with E-state index in [-0.39, 0.29) is 24.6 Å². The maximum absolute atomic E-state index is 12.9. The fraction of sp³-hybridized carbons (Fsp3) is 0.571. The van der Waals surface area contributed by atoms with E-state index < -0.39 is 12.0 Å². The Morgan fingerprint density at radius 3 is 2.79 bits per heavy atom. The summed E-state index contributed by atoms with van der Waals surface area (Å²) in [5.41, 5.74) is 1.07. The number of hydrazone groups is 1. The number of esters is 1. The van der Waals surface area contributed by atoms with E-state index in [2.05, 4.69) is 22.2 Å². The van der Waals surface area contributed by atoms with Crippen LogP contribution in [-0.2, 0) is 14.3 Å². The van der Waals surface area contributed by atoms with E-state index >= 15 is 0 Å². The SMILES string of the molecule is CCOC(=O)C1=NN(c2ccccc2)C(C(=O)NCCN2CCCC(C)C2)C1. The van der Waals surface area contributed by atoms with Gasteiger partial charge in [-0.25, -0.2) is 4.79 Å². The minimum Gasteiger partial charge on any atom is -0.461 e. The molecule has 2 atom stereocenters. The lowest BCUT2D eigenvalue weighted by Gasteiger charge is -2.31. The van der Waals surface area contributed by atoms with Crippen molar-refractivity contribution in [3.05, 3.63) is 30.3 Å². The first-order valence-electron chi connectivity index (χ1n) is 10.2. The summed E-state index contributed by atoms with van der Waals surface area (Å²) in [5.74, 6) is 0.145. The lowest BCUT2D eigenvalue weighted by Crippen LogP contribution is -2.46. The third-order valence-corrected chi connectivity index (χ3v) is 5.21. The number of nitrogens with one attached hydrogen (secondary N) is 1. The number of nitrogens with zero attached hydrogens (tertiary/aromatic N) is 3. The van der Waals surface area contributed by atoms with Gasteiger partial charge in [-0.3, -0.25) is 9.80 Å². The van der Waals surface area contributed by atoms with Gasteiger partial charge in [-0.2, -0.15) is 5.10 Å². The number of anilines is 1. The molecule has 0 aromatic heterocycles. The Kier molecular flexibility index (Phi) is 7.03. The molecule has 1 aromatic rings. The predicted octanol–water partition coefficient (Wildman–Crippen LogP) is 2.03. The number of piperidine rings is 1. The fourth-order valence-electron chi connectivity index (χ4n) is 3.82. The van der Waals surface area contributed by atoms with Gasteiger partial charge in [0.05, 0.1) is 12.3 Å². The largest absolute Gasteiger partial charge is 0.461 e. The molecule has 2 aliphatic heterocycles. The first-order valence-corrected chi connectivity index (χ1v) is 10.2. The van der Waals surface area contributed by atoms with E-state index in [0.717, 1.165) is 25.3 Å². The summed E-state index contributed by atoms with van der Waals surface area (Å²) in [6.45, 7) is 7.94. The number of amides is 1. The Balaban J connectivity index is 1.61. The van der Waals surface area contributed by atoms with E-state index in [9.17, 15) is 9.59 Å². The Bertz CT molecular complexity index is 707. The van der Waals surface area contributed by atoms with Gasteiger partial charge < -0.3 is 15.0 Å².